The second kappa shape index (κ2) is 5.55. The van der Waals surface area contributed by atoms with Gasteiger partial charge in [-0.25, -0.2) is 4.79 Å². The Bertz CT molecular complexity index is 330. The van der Waals surface area contributed by atoms with Gasteiger partial charge in [-0.05, 0) is 51.9 Å². The van der Waals surface area contributed by atoms with Crippen molar-refractivity contribution in [2.75, 3.05) is 13.1 Å². The molecular formula is C15H27NO2S. The lowest BCUT2D eigenvalue weighted by atomic mass is 9.67. The normalized spacial score (nSPS) is 27.4. The van der Waals surface area contributed by atoms with Crippen LogP contribution in [0.2, 0.25) is 0 Å². The SMILES string of the molecule is CC(C)(C)OC(=O)N1CCC2(CCCCC2S)CC1. The summed E-state index contributed by atoms with van der Waals surface area (Å²) < 4.78 is 5.45. The number of rotatable bonds is 0. The van der Waals surface area contributed by atoms with Crippen LogP contribution in [0.5, 0.6) is 0 Å². The highest BCUT2D eigenvalue weighted by molar-refractivity contribution is 7.81. The fraction of sp³-hybridized carbons (Fsp3) is 0.933. The van der Waals surface area contributed by atoms with Gasteiger partial charge in [-0.1, -0.05) is 12.8 Å². The topological polar surface area (TPSA) is 29.5 Å². The minimum atomic E-state index is -0.400. The van der Waals surface area contributed by atoms with E-state index >= 15 is 0 Å². The van der Waals surface area contributed by atoms with Gasteiger partial charge < -0.3 is 9.64 Å². The molecule has 1 unspecified atom stereocenters. The van der Waals surface area contributed by atoms with Crippen molar-refractivity contribution >= 4 is 18.7 Å². The van der Waals surface area contributed by atoms with Crippen molar-refractivity contribution in [3.05, 3.63) is 0 Å². The van der Waals surface area contributed by atoms with E-state index in [0.717, 1.165) is 25.9 Å². The monoisotopic (exact) mass is 285 g/mol. The molecule has 2 fully saturated rings. The van der Waals surface area contributed by atoms with E-state index in [4.69, 9.17) is 17.4 Å². The zero-order chi connectivity index (χ0) is 14.1. The van der Waals surface area contributed by atoms with Crippen molar-refractivity contribution in [2.45, 2.75) is 70.1 Å². The lowest BCUT2D eigenvalue weighted by Gasteiger charge is -2.47. The first-order chi connectivity index (χ1) is 8.82. The fourth-order valence-corrected chi connectivity index (χ4v) is 3.90. The smallest absolute Gasteiger partial charge is 0.410 e. The molecule has 19 heavy (non-hydrogen) atoms. The number of carbonyl (C=O) groups excluding carboxylic acids is 1. The van der Waals surface area contributed by atoms with Crippen molar-refractivity contribution in [3.8, 4) is 0 Å². The van der Waals surface area contributed by atoms with Crippen molar-refractivity contribution in [1.29, 1.82) is 0 Å². The lowest BCUT2D eigenvalue weighted by molar-refractivity contribution is 0.00583. The standard InChI is InChI=1S/C15H27NO2S/c1-14(2,3)18-13(17)16-10-8-15(9-11-16)7-5-4-6-12(15)19/h12,19H,4-11H2,1-3H3. The summed E-state index contributed by atoms with van der Waals surface area (Å²) >= 11 is 4.81. The number of hydrogen-bond donors (Lipinski definition) is 1. The number of piperidine rings is 1. The molecule has 1 aliphatic heterocycles. The molecule has 2 rings (SSSR count). The lowest BCUT2D eigenvalue weighted by Crippen LogP contribution is -2.49. The summed E-state index contributed by atoms with van der Waals surface area (Å²) in [7, 11) is 0. The van der Waals surface area contributed by atoms with Crippen LogP contribution in [0.3, 0.4) is 0 Å². The Hall–Kier alpha value is -0.380. The largest absolute Gasteiger partial charge is 0.444 e. The molecule has 1 atom stereocenters. The van der Waals surface area contributed by atoms with Crippen molar-refractivity contribution in [1.82, 2.24) is 4.90 Å². The summed E-state index contributed by atoms with van der Waals surface area (Å²) in [6.07, 6.45) is 7.16. The first-order valence-electron chi connectivity index (χ1n) is 7.48. The molecule has 2 aliphatic rings. The highest BCUT2D eigenvalue weighted by Gasteiger charge is 2.42. The molecule has 0 aromatic carbocycles. The Morgan fingerprint density at radius 1 is 1.21 bits per heavy atom. The third-order valence-electron chi connectivity index (χ3n) is 4.52. The van der Waals surface area contributed by atoms with Gasteiger partial charge in [0, 0.05) is 18.3 Å². The number of carbonyl (C=O) groups is 1. The Kier molecular flexibility index (Phi) is 4.38. The first-order valence-corrected chi connectivity index (χ1v) is 8.00. The van der Waals surface area contributed by atoms with Gasteiger partial charge in [0.15, 0.2) is 0 Å². The molecule has 1 saturated heterocycles. The molecule has 0 N–H and O–H groups in total. The summed E-state index contributed by atoms with van der Waals surface area (Å²) in [5, 5.41) is 0.516. The van der Waals surface area contributed by atoms with Crippen LogP contribution in [-0.4, -0.2) is 34.9 Å². The van der Waals surface area contributed by atoms with Crippen LogP contribution in [0.4, 0.5) is 4.79 Å². The van der Waals surface area contributed by atoms with Crippen LogP contribution in [-0.2, 0) is 4.74 Å². The maximum Gasteiger partial charge on any atom is 0.410 e. The van der Waals surface area contributed by atoms with Crippen molar-refractivity contribution < 1.29 is 9.53 Å². The van der Waals surface area contributed by atoms with E-state index in [2.05, 4.69) is 0 Å². The number of nitrogens with zero attached hydrogens (tertiary/aromatic N) is 1. The Balaban J connectivity index is 1.90. The van der Waals surface area contributed by atoms with Gasteiger partial charge in [0.1, 0.15) is 5.60 Å². The second-order valence-electron chi connectivity index (χ2n) is 7.09. The van der Waals surface area contributed by atoms with Crippen LogP contribution >= 0.6 is 12.6 Å². The molecule has 3 nitrogen and oxygen atoms in total. The molecular weight excluding hydrogens is 258 g/mol. The number of hydrogen-bond acceptors (Lipinski definition) is 3. The van der Waals surface area contributed by atoms with Crippen LogP contribution in [0.15, 0.2) is 0 Å². The number of amides is 1. The van der Waals surface area contributed by atoms with Crippen molar-refractivity contribution in [2.24, 2.45) is 5.41 Å². The summed E-state index contributed by atoms with van der Waals surface area (Å²) in [5.74, 6) is 0. The van der Waals surface area contributed by atoms with Crippen molar-refractivity contribution in [3.63, 3.8) is 0 Å². The van der Waals surface area contributed by atoms with Crippen LogP contribution in [0.1, 0.15) is 59.3 Å². The molecule has 1 saturated carbocycles. The second-order valence-corrected chi connectivity index (χ2v) is 7.71. The first kappa shape index (κ1) is 15.0. The number of ether oxygens (including phenoxy) is 1. The third-order valence-corrected chi connectivity index (χ3v) is 5.33. The quantitative estimate of drug-likeness (QED) is 0.685. The zero-order valence-electron chi connectivity index (χ0n) is 12.4. The van der Waals surface area contributed by atoms with Gasteiger partial charge in [-0.3, -0.25) is 0 Å². The molecule has 4 heteroatoms. The minimum Gasteiger partial charge on any atom is -0.444 e. The minimum absolute atomic E-state index is 0.158. The zero-order valence-corrected chi connectivity index (χ0v) is 13.3. The summed E-state index contributed by atoms with van der Waals surface area (Å²) in [5.41, 5.74) is -0.0248. The number of thiol groups is 1. The predicted molar refractivity (Wildman–Crippen MR) is 80.7 cm³/mol. The van der Waals surface area contributed by atoms with Gasteiger partial charge in [0.25, 0.3) is 0 Å². The third kappa shape index (κ3) is 3.59. The van der Waals surface area contributed by atoms with Crippen LogP contribution < -0.4 is 0 Å². The summed E-state index contributed by atoms with van der Waals surface area (Å²) in [6, 6.07) is 0. The van der Waals surface area contributed by atoms with E-state index in [1.165, 1.54) is 25.7 Å². The molecule has 110 valence electrons. The van der Waals surface area contributed by atoms with Gasteiger partial charge in [-0.2, -0.15) is 12.6 Å². The molecule has 0 radical (unpaired) electrons. The maximum absolute atomic E-state index is 12.1. The van der Waals surface area contributed by atoms with E-state index in [-0.39, 0.29) is 6.09 Å². The van der Waals surface area contributed by atoms with Gasteiger partial charge in [-0.15, -0.1) is 0 Å². The Labute approximate surface area is 122 Å². The van der Waals surface area contributed by atoms with E-state index in [9.17, 15) is 4.79 Å². The Morgan fingerprint density at radius 2 is 1.84 bits per heavy atom. The van der Waals surface area contributed by atoms with Gasteiger partial charge >= 0.3 is 6.09 Å². The van der Waals surface area contributed by atoms with E-state index < -0.39 is 5.60 Å². The van der Waals surface area contributed by atoms with E-state index in [1.807, 2.05) is 25.7 Å². The predicted octanol–water partition coefficient (Wildman–Crippen LogP) is 3.88. The Morgan fingerprint density at radius 3 is 2.37 bits per heavy atom. The molecule has 0 aromatic heterocycles. The van der Waals surface area contributed by atoms with Gasteiger partial charge in [0.2, 0.25) is 0 Å². The molecule has 1 aliphatic carbocycles. The highest BCUT2D eigenvalue weighted by Crippen LogP contribution is 2.47. The molecule has 0 bridgehead atoms. The number of likely N-dealkylation sites (tertiary alicyclic amines) is 1. The maximum atomic E-state index is 12.1. The van der Waals surface area contributed by atoms with E-state index in [1.54, 1.807) is 0 Å². The molecule has 0 aromatic rings. The average molecular weight is 285 g/mol. The van der Waals surface area contributed by atoms with Gasteiger partial charge in [0.05, 0.1) is 0 Å². The van der Waals surface area contributed by atoms with E-state index in [0.29, 0.717) is 10.7 Å². The highest BCUT2D eigenvalue weighted by atomic mass is 32.1. The fourth-order valence-electron chi connectivity index (χ4n) is 3.33. The molecule has 1 spiro atoms. The molecule has 1 amide bonds. The van der Waals surface area contributed by atoms with Crippen LogP contribution in [0, 0.1) is 5.41 Å². The molecule has 1 heterocycles. The average Bonchev–Trinajstić information content (AvgIpc) is 2.32. The van der Waals surface area contributed by atoms with Crippen LogP contribution in [0.25, 0.3) is 0 Å². The summed E-state index contributed by atoms with van der Waals surface area (Å²) in [6.45, 7) is 7.40. The summed E-state index contributed by atoms with van der Waals surface area (Å²) in [4.78, 5) is 13.9.